The molecule has 1 rings (SSSR count). The van der Waals surface area contributed by atoms with Crippen molar-refractivity contribution in [3.05, 3.63) is 16.8 Å². The van der Waals surface area contributed by atoms with Crippen molar-refractivity contribution in [1.82, 2.24) is 4.98 Å². The van der Waals surface area contributed by atoms with Crippen LogP contribution in [0.5, 0.6) is 0 Å². The van der Waals surface area contributed by atoms with E-state index in [2.05, 4.69) is 41.7 Å². The van der Waals surface area contributed by atoms with Gasteiger partial charge in [0.1, 0.15) is 5.76 Å². The van der Waals surface area contributed by atoms with Gasteiger partial charge in [-0.15, -0.1) is 0 Å². The Morgan fingerprint density at radius 2 is 2.10 bits per heavy atom. The van der Waals surface area contributed by atoms with Gasteiger partial charge < -0.3 is 4.42 Å². The highest BCUT2D eigenvalue weighted by molar-refractivity contribution is 9.10. The lowest BCUT2D eigenvalue weighted by Crippen LogP contribution is -2.08. The molecule has 0 unspecified atom stereocenters. The summed E-state index contributed by atoms with van der Waals surface area (Å²) in [6, 6.07) is 0. The van der Waals surface area contributed by atoms with Crippen LogP contribution in [0.3, 0.4) is 0 Å². The fourth-order valence-corrected chi connectivity index (χ4v) is 0.876. The molecule has 0 saturated heterocycles. The Morgan fingerprint density at radius 1 is 1.50 bits per heavy atom. The average molecular weight is 204 g/mol. The van der Waals surface area contributed by atoms with Crippen LogP contribution in [0.4, 0.5) is 0 Å². The first-order valence-electron chi connectivity index (χ1n) is 3.12. The summed E-state index contributed by atoms with van der Waals surface area (Å²) in [5.74, 6) is 0.902. The van der Waals surface area contributed by atoms with Crippen LogP contribution in [-0.4, -0.2) is 4.98 Å². The molecule has 0 N–H and O–H groups in total. The molecule has 56 valence electrons. The number of halogens is 1. The van der Waals surface area contributed by atoms with Gasteiger partial charge in [0, 0.05) is 21.3 Å². The van der Waals surface area contributed by atoms with Crippen molar-refractivity contribution in [3.8, 4) is 0 Å². The molecule has 1 heterocycles. The number of oxazole rings is 1. The zero-order chi connectivity index (χ0) is 7.78. The normalized spacial score (nSPS) is 12.0. The molecule has 0 aliphatic rings. The number of nitrogens with zero attached hydrogens (tertiary/aromatic N) is 1. The van der Waals surface area contributed by atoms with Crippen LogP contribution in [0.1, 0.15) is 26.5 Å². The van der Waals surface area contributed by atoms with Gasteiger partial charge in [-0.3, -0.25) is 0 Å². The standard InChI is InChI=1S/C7H10BrNO/c1-7(2,3)5-4-9-6(8)10-5/h4H,1-3H3. The van der Waals surface area contributed by atoms with E-state index in [0.29, 0.717) is 4.80 Å². The van der Waals surface area contributed by atoms with E-state index in [1.54, 1.807) is 6.20 Å². The smallest absolute Gasteiger partial charge is 0.264 e. The highest BCUT2D eigenvalue weighted by Crippen LogP contribution is 2.24. The SMILES string of the molecule is CC(C)(C)c1cnc(Br)o1. The number of hydrogen-bond acceptors (Lipinski definition) is 2. The van der Waals surface area contributed by atoms with Crippen molar-refractivity contribution < 1.29 is 4.42 Å². The maximum atomic E-state index is 5.25. The van der Waals surface area contributed by atoms with Crippen LogP contribution in [0.15, 0.2) is 15.4 Å². The second-order valence-corrected chi connectivity index (χ2v) is 3.91. The molecular weight excluding hydrogens is 194 g/mol. The van der Waals surface area contributed by atoms with E-state index in [1.807, 2.05) is 0 Å². The minimum atomic E-state index is 0.0546. The summed E-state index contributed by atoms with van der Waals surface area (Å²) >= 11 is 3.15. The van der Waals surface area contributed by atoms with Crippen LogP contribution >= 0.6 is 15.9 Å². The van der Waals surface area contributed by atoms with Gasteiger partial charge in [-0.25, -0.2) is 4.98 Å². The van der Waals surface area contributed by atoms with Crippen molar-refractivity contribution in [2.24, 2.45) is 0 Å². The van der Waals surface area contributed by atoms with E-state index in [1.165, 1.54) is 0 Å². The quantitative estimate of drug-likeness (QED) is 0.649. The highest BCUT2D eigenvalue weighted by atomic mass is 79.9. The van der Waals surface area contributed by atoms with Crippen molar-refractivity contribution in [2.45, 2.75) is 26.2 Å². The number of aromatic nitrogens is 1. The zero-order valence-electron chi connectivity index (χ0n) is 6.31. The van der Waals surface area contributed by atoms with Gasteiger partial charge in [-0.2, -0.15) is 0 Å². The average Bonchev–Trinajstić information content (AvgIpc) is 2.11. The Labute approximate surface area is 68.8 Å². The Balaban J connectivity index is 2.96. The Bertz CT molecular complexity index is 224. The summed E-state index contributed by atoms with van der Waals surface area (Å²) in [5, 5.41) is 0. The van der Waals surface area contributed by atoms with Gasteiger partial charge in [0.05, 0.1) is 6.20 Å². The maximum absolute atomic E-state index is 5.25. The highest BCUT2D eigenvalue weighted by Gasteiger charge is 2.18. The first-order chi connectivity index (χ1) is 4.50. The summed E-state index contributed by atoms with van der Waals surface area (Å²) in [5.41, 5.74) is 0.0546. The molecule has 1 aromatic heterocycles. The number of hydrogen-bond donors (Lipinski definition) is 0. The molecule has 0 amide bonds. The summed E-state index contributed by atoms with van der Waals surface area (Å²) in [6.07, 6.45) is 1.74. The van der Waals surface area contributed by atoms with Crippen LogP contribution in [0, 0.1) is 0 Å². The van der Waals surface area contributed by atoms with Gasteiger partial charge in [0.25, 0.3) is 4.80 Å². The Kier molecular flexibility index (Phi) is 1.86. The largest absolute Gasteiger partial charge is 0.436 e. The van der Waals surface area contributed by atoms with Crippen LogP contribution < -0.4 is 0 Å². The lowest BCUT2D eigenvalue weighted by atomic mass is 9.94. The van der Waals surface area contributed by atoms with Crippen molar-refractivity contribution in [3.63, 3.8) is 0 Å². The van der Waals surface area contributed by atoms with Gasteiger partial charge >= 0.3 is 0 Å². The third kappa shape index (κ3) is 1.59. The molecule has 2 nitrogen and oxygen atoms in total. The Hall–Kier alpha value is -0.310. The Morgan fingerprint density at radius 3 is 2.30 bits per heavy atom. The van der Waals surface area contributed by atoms with Crippen LogP contribution in [-0.2, 0) is 5.41 Å². The van der Waals surface area contributed by atoms with Crippen LogP contribution in [0.25, 0.3) is 0 Å². The molecule has 0 aliphatic carbocycles. The van der Waals surface area contributed by atoms with Gasteiger partial charge in [0.15, 0.2) is 0 Å². The summed E-state index contributed by atoms with van der Waals surface area (Å²) < 4.78 is 5.25. The maximum Gasteiger partial charge on any atom is 0.264 e. The van der Waals surface area contributed by atoms with E-state index in [9.17, 15) is 0 Å². The van der Waals surface area contributed by atoms with E-state index < -0.39 is 0 Å². The molecule has 0 bridgehead atoms. The molecule has 3 heteroatoms. The molecular formula is C7H10BrNO. The lowest BCUT2D eigenvalue weighted by molar-refractivity contribution is 0.394. The molecule has 0 radical (unpaired) electrons. The van der Waals surface area contributed by atoms with Crippen molar-refractivity contribution in [2.75, 3.05) is 0 Å². The van der Waals surface area contributed by atoms with Gasteiger partial charge in [-0.05, 0) is 0 Å². The van der Waals surface area contributed by atoms with Crippen molar-refractivity contribution in [1.29, 1.82) is 0 Å². The topological polar surface area (TPSA) is 26.0 Å². The molecule has 0 atom stereocenters. The fourth-order valence-electron chi connectivity index (χ4n) is 0.600. The molecule has 1 aromatic rings. The van der Waals surface area contributed by atoms with E-state index >= 15 is 0 Å². The van der Waals surface area contributed by atoms with Crippen molar-refractivity contribution >= 4 is 15.9 Å². The van der Waals surface area contributed by atoms with Gasteiger partial charge in [-0.1, -0.05) is 20.8 Å². The van der Waals surface area contributed by atoms with Gasteiger partial charge in [0.2, 0.25) is 0 Å². The summed E-state index contributed by atoms with van der Waals surface area (Å²) in [4.78, 5) is 4.49. The lowest BCUT2D eigenvalue weighted by Gasteiger charge is -2.12. The summed E-state index contributed by atoms with van der Waals surface area (Å²) in [6.45, 7) is 6.25. The minimum Gasteiger partial charge on any atom is -0.436 e. The third-order valence-electron chi connectivity index (χ3n) is 1.22. The van der Waals surface area contributed by atoms with E-state index in [0.717, 1.165) is 5.76 Å². The monoisotopic (exact) mass is 203 g/mol. The van der Waals surface area contributed by atoms with Crippen LogP contribution in [0.2, 0.25) is 0 Å². The molecule has 0 aromatic carbocycles. The van der Waals surface area contributed by atoms with E-state index in [-0.39, 0.29) is 5.41 Å². The third-order valence-corrected chi connectivity index (χ3v) is 1.58. The predicted molar refractivity (Wildman–Crippen MR) is 42.9 cm³/mol. The molecule has 0 fully saturated rings. The first-order valence-corrected chi connectivity index (χ1v) is 3.91. The molecule has 0 saturated carbocycles. The second kappa shape index (κ2) is 2.38. The summed E-state index contributed by atoms with van der Waals surface area (Å²) in [7, 11) is 0. The minimum absolute atomic E-state index is 0.0546. The zero-order valence-corrected chi connectivity index (χ0v) is 7.90. The predicted octanol–water partition coefficient (Wildman–Crippen LogP) is 2.73. The second-order valence-electron chi connectivity index (χ2n) is 3.23. The molecule has 10 heavy (non-hydrogen) atoms. The number of rotatable bonds is 0. The van der Waals surface area contributed by atoms with E-state index in [4.69, 9.17) is 4.42 Å². The molecule has 0 spiro atoms. The molecule has 0 aliphatic heterocycles. The first kappa shape index (κ1) is 7.79. The fraction of sp³-hybridized carbons (Fsp3) is 0.571.